The molecule has 2 aromatic rings. The predicted molar refractivity (Wildman–Crippen MR) is 95.5 cm³/mol. The fraction of sp³-hybridized carbons (Fsp3) is 0.263. The minimum Gasteiger partial charge on any atom is -0.390 e. The van der Waals surface area contributed by atoms with Gasteiger partial charge in [0.05, 0.1) is 23.4 Å². The number of anilines is 1. The van der Waals surface area contributed by atoms with Gasteiger partial charge in [-0.15, -0.1) is 0 Å². The number of nitrogens with one attached hydrogen (secondary N) is 2. The van der Waals surface area contributed by atoms with Gasteiger partial charge in [-0.2, -0.15) is 0 Å². The lowest BCUT2D eigenvalue weighted by Gasteiger charge is -2.19. The predicted octanol–water partition coefficient (Wildman–Crippen LogP) is 2.17. The second-order valence-electron chi connectivity index (χ2n) is 6.29. The zero-order valence-electron chi connectivity index (χ0n) is 14.2. The average Bonchev–Trinajstić information content (AvgIpc) is 2.90. The van der Waals surface area contributed by atoms with Crippen LogP contribution in [-0.4, -0.2) is 42.1 Å². The first-order valence-corrected chi connectivity index (χ1v) is 8.11. The van der Waals surface area contributed by atoms with Crippen LogP contribution >= 0.6 is 0 Å². The van der Waals surface area contributed by atoms with E-state index in [1.807, 2.05) is 24.3 Å². The van der Waals surface area contributed by atoms with E-state index in [1.165, 1.54) is 4.90 Å². The minimum absolute atomic E-state index is 0.192. The Hall–Kier alpha value is -2.86. The van der Waals surface area contributed by atoms with Crippen LogP contribution in [0.15, 0.2) is 48.5 Å². The first kappa shape index (κ1) is 17.0. The Morgan fingerprint density at radius 3 is 2.52 bits per heavy atom. The third-order valence-electron chi connectivity index (χ3n) is 4.30. The van der Waals surface area contributed by atoms with Crippen LogP contribution in [0.3, 0.4) is 0 Å². The Labute approximate surface area is 146 Å². The Balaban J connectivity index is 1.75. The number of hydrogen-bond donors (Lipinski definition) is 3. The number of carbonyl (C=O) groups is 2. The number of fused-ring (bicyclic) bond motifs is 1. The summed E-state index contributed by atoms with van der Waals surface area (Å²) in [6.07, 6.45) is -0.154. The van der Waals surface area contributed by atoms with Crippen LogP contribution in [0.1, 0.15) is 27.5 Å². The number of amides is 3. The zero-order valence-corrected chi connectivity index (χ0v) is 14.2. The molecule has 0 aliphatic heterocycles. The van der Waals surface area contributed by atoms with Gasteiger partial charge in [-0.3, -0.25) is 4.79 Å². The smallest absolute Gasteiger partial charge is 0.319 e. The van der Waals surface area contributed by atoms with Gasteiger partial charge in [0.25, 0.3) is 5.91 Å². The maximum Gasteiger partial charge on any atom is 0.319 e. The molecule has 1 aliphatic carbocycles. The SMILES string of the molecule is CN(C)C(=O)c1ccccc1NC(=O)N[C@@H]1c2ccccc2C[C@@H]1O. The second kappa shape index (κ2) is 6.94. The molecule has 0 bridgehead atoms. The molecule has 3 rings (SSSR count). The summed E-state index contributed by atoms with van der Waals surface area (Å²) in [5, 5.41) is 15.8. The van der Waals surface area contributed by atoms with Crippen molar-refractivity contribution in [2.24, 2.45) is 0 Å². The van der Waals surface area contributed by atoms with Crippen molar-refractivity contribution in [2.75, 3.05) is 19.4 Å². The molecule has 0 unspecified atom stereocenters. The van der Waals surface area contributed by atoms with Gasteiger partial charge >= 0.3 is 6.03 Å². The lowest BCUT2D eigenvalue weighted by Crippen LogP contribution is -2.37. The molecule has 0 radical (unpaired) electrons. The van der Waals surface area contributed by atoms with Gasteiger partial charge in [0.1, 0.15) is 0 Å². The van der Waals surface area contributed by atoms with Crippen LogP contribution in [-0.2, 0) is 6.42 Å². The number of hydrogen-bond acceptors (Lipinski definition) is 3. The molecule has 6 nitrogen and oxygen atoms in total. The number of para-hydroxylation sites is 1. The monoisotopic (exact) mass is 339 g/mol. The molecule has 130 valence electrons. The number of urea groups is 1. The number of rotatable bonds is 3. The molecular weight excluding hydrogens is 318 g/mol. The van der Waals surface area contributed by atoms with Crippen LogP contribution in [0, 0.1) is 0 Å². The van der Waals surface area contributed by atoms with Crippen LogP contribution in [0.5, 0.6) is 0 Å². The van der Waals surface area contributed by atoms with Gasteiger partial charge in [-0.05, 0) is 23.3 Å². The lowest BCUT2D eigenvalue weighted by atomic mass is 10.1. The van der Waals surface area contributed by atoms with Gasteiger partial charge in [-0.25, -0.2) is 4.79 Å². The van der Waals surface area contributed by atoms with E-state index in [-0.39, 0.29) is 5.91 Å². The maximum absolute atomic E-state index is 12.4. The van der Waals surface area contributed by atoms with Gasteiger partial charge < -0.3 is 20.6 Å². The minimum atomic E-state index is -0.665. The summed E-state index contributed by atoms with van der Waals surface area (Å²) in [5.74, 6) is -0.192. The largest absolute Gasteiger partial charge is 0.390 e. The normalized spacial score (nSPS) is 18.4. The molecule has 0 heterocycles. The van der Waals surface area contributed by atoms with E-state index in [1.54, 1.807) is 38.4 Å². The summed E-state index contributed by atoms with van der Waals surface area (Å²) in [4.78, 5) is 26.1. The summed E-state index contributed by atoms with van der Waals surface area (Å²) >= 11 is 0. The molecule has 3 amide bonds. The summed E-state index contributed by atoms with van der Waals surface area (Å²) in [6.45, 7) is 0. The van der Waals surface area contributed by atoms with Crippen LogP contribution in [0.4, 0.5) is 10.5 Å². The van der Waals surface area contributed by atoms with Crippen molar-refractivity contribution in [1.29, 1.82) is 0 Å². The third-order valence-corrected chi connectivity index (χ3v) is 4.30. The van der Waals surface area contributed by atoms with Crippen molar-refractivity contribution >= 4 is 17.6 Å². The Morgan fingerprint density at radius 2 is 1.76 bits per heavy atom. The molecule has 1 aliphatic rings. The van der Waals surface area contributed by atoms with E-state index in [0.29, 0.717) is 17.7 Å². The standard InChI is InChI=1S/C19H21N3O3/c1-22(2)18(24)14-9-5-6-10-15(14)20-19(25)21-17-13-8-4-3-7-12(13)11-16(17)23/h3-10,16-17,23H,11H2,1-2H3,(H2,20,21,25)/t16-,17+/m0/s1. The summed E-state index contributed by atoms with van der Waals surface area (Å²) in [7, 11) is 3.32. The highest BCUT2D eigenvalue weighted by atomic mass is 16.3. The highest BCUT2D eigenvalue weighted by Crippen LogP contribution is 2.31. The Morgan fingerprint density at radius 1 is 1.08 bits per heavy atom. The van der Waals surface area contributed by atoms with E-state index >= 15 is 0 Å². The van der Waals surface area contributed by atoms with Gasteiger partial charge in [0.2, 0.25) is 0 Å². The van der Waals surface area contributed by atoms with Crippen molar-refractivity contribution in [3.8, 4) is 0 Å². The molecule has 0 saturated carbocycles. The van der Waals surface area contributed by atoms with Crippen LogP contribution < -0.4 is 10.6 Å². The molecule has 3 N–H and O–H groups in total. The number of nitrogens with zero attached hydrogens (tertiary/aromatic N) is 1. The summed E-state index contributed by atoms with van der Waals surface area (Å²) in [6, 6.07) is 13.6. The van der Waals surface area contributed by atoms with Crippen LogP contribution in [0.2, 0.25) is 0 Å². The van der Waals surface area contributed by atoms with Crippen molar-refractivity contribution in [3.05, 3.63) is 65.2 Å². The Kier molecular flexibility index (Phi) is 4.72. The second-order valence-corrected chi connectivity index (χ2v) is 6.29. The topological polar surface area (TPSA) is 81.7 Å². The molecular formula is C19H21N3O3. The van der Waals surface area contributed by atoms with E-state index in [0.717, 1.165) is 11.1 Å². The summed E-state index contributed by atoms with van der Waals surface area (Å²) < 4.78 is 0. The van der Waals surface area contributed by atoms with Crippen molar-refractivity contribution in [3.63, 3.8) is 0 Å². The van der Waals surface area contributed by atoms with E-state index in [9.17, 15) is 14.7 Å². The molecule has 0 fully saturated rings. The quantitative estimate of drug-likeness (QED) is 0.801. The Bertz CT molecular complexity index is 804. The number of carbonyl (C=O) groups excluding carboxylic acids is 2. The first-order chi connectivity index (χ1) is 12.0. The lowest BCUT2D eigenvalue weighted by molar-refractivity contribution is 0.0828. The van der Waals surface area contributed by atoms with Crippen molar-refractivity contribution < 1.29 is 14.7 Å². The van der Waals surface area contributed by atoms with Crippen molar-refractivity contribution in [2.45, 2.75) is 18.6 Å². The summed E-state index contributed by atoms with van der Waals surface area (Å²) in [5.41, 5.74) is 2.79. The number of benzene rings is 2. The average molecular weight is 339 g/mol. The zero-order chi connectivity index (χ0) is 18.0. The van der Waals surface area contributed by atoms with Gasteiger partial charge in [0, 0.05) is 20.5 Å². The van der Waals surface area contributed by atoms with E-state index in [4.69, 9.17) is 0 Å². The molecule has 6 heteroatoms. The van der Waals surface area contributed by atoms with Gasteiger partial charge in [0.15, 0.2) is 0 Å². The van der Waals surface area contributed by atoms with Crippen molar-refractivity contribution in [1.82, 2.24) is 10.2 Å². The molecule has 2 atom stereocenters. The van der Waals surface area contributed by atoms with Gasteiger partial charge in [-0.1, -0.05) is 36.4 Å². The van der Waals surface area contributed by atoms with E-state index in [2.05, 4.69) is 10.6 Å². The number of aliphatic hydroxyl groups is 1. The third kappa shape index (κ3) is 3.49. The molecule has 0 aromatic heterocycles. The molecule has 0 saturated heterocycles. The van der Waals surface area contributed by atoms with Crippen LogP contribution in [0.25, 0.3) is 0 Å². The molecule has 0 spiro atoms. The highest BCUT2D eigenvalue weighted by Gasteiger charge is 2.32. The first-order valence-electron chi connectivity index (χ1n) is 8.11. The highest BCUT2D eigenvalue weighted by molar-refractivity contribution is 6.03. The molecule has 25 heavy (non-hydrogen) atoms. The van der Waals surface area contributed by atoms with E-state index < -0.39 is 18.2 Å². The number of aliphatic hydroxyl groups excluding tert-OH is 1. The maximum atomic E-state index is 12.4. The molecule has 2 aromatic carbocycles. The fourth-order valence-corrected chi connectivity index (χ4v) is 3.07. The fourth-order valence-electron chi connectivity index (χ4n) is 3.07.